The second kappa shape index (κ2) is 6.27. The standard InChI is InChI=1S/C14H16N2O5S/c1-4-5-11(17)10-8-16-12-9(6-7-15-14(12)20-2)13(10)21-22(3,18)19/h6-8H,4-5H2,1-3H3. The Morgan fingerprint density at radius 2 is 2.05 bits per heavy atom. The predicted molar refractivity (Wildman–Crippen MR) is 80.8 cm³/mol. The SMILES string of the molecule is CCCC(=O)c1cnc2c(OC)nccc2c1OS(C)(=O)=O. The Bertz CT molecular complexity index is 817. The van der Waals surface area contributed by atoms with E-state index in [9.17, 15) is 13.2 Å². The molecule has 2 rings (SSSR count). The van der Waals surface area contributed by atoms with E-state index in [1.165, 1.54) is 25.6 Å². The second-order valence-electron chi connectivity index (χ2n) is 4.68. The van der Waals surface area contributed by atoms with E-state index in [4.69, 9.17) is 8.92 Å². The van der Waals surface area contributed by atoms with E-state index >= 15 is 0 Å². The van der Waals surface area contributed by atoms with Gasteiger partial charge in [-0.05, 0) is 12.5 Å². The lowest BCUT2D eigenvalue weighted by Crippen LogP contribution is -2.11. The van der Waals surface area contributed by atoms with Gasteiger partial charge in [-0.1, -0.05) is 6.92 Å². The number of hydrogen-bond acceptors (Lipinski definition) is 7. The predicted octanol–water partition coefficient (Wildman–Crippen LogP) is 1.96. The summed E-state index contributed by atoms with van der Waals surface area (Å²) in [6.07, 6.45) is 4.56. The van der Waals surface area contributed by atoms with Gasteiger partial charge in [-0.25, -0.2) is 9.97 Å². The maximum Gasteiger partial charge on any atom is 0.306 e. The number of nitrogens with zero attached hydrogens (tertiary/aromatic N) is 2. The van der Waals surface area contributed by atoms with E-state index < -0.39 is 10.1 Å². The largest absolute Gasteiger partial charge is 0.479 e. The minimum atomic E-state index is -3.80. The van der Waals surface area contributed by atoms with Crippen molar-refractivity contribution in [3.05, 3.63) is 24.0 Å². The summed E-state index contributed by atoms with van der Waals surface area (Å²) in [6.45, 7) is 1.86. The molecule has 0 aromatic carbocycles. The normalized spacial score (nSPS) is 11.4. The van der Waals surface area contributed by atoms with E-state index in [-0.39, 0.29) is 29.4 Å². The molecule has 2 heterocycles. The smallest absolute Gasteiger partial charge is 0.306 e. The van der Waals surface area contributed by atoms with Crippen LogP contribution in [-0.4, -0.2) is 37.5 Å². The summed E-state index contributed by atoms with van der Waals surface area (Å²) in [7, 11) is -2.37. The van der Waals surface area contributed by atoms with Crippen molar-refractivity contribution in [1.82, 2.24) is 9.97 Å². The quantitative estimate of drug-likeness (QED) is 0.592. The molecule has 0 radical (unpaired) electrons. The summed E-state index contributed by atoms with van der Waals surface area (Å²) >= 11 is 0. The molecule has 7 nitrogen and oxygen atoms in total. The molecule has 0 atom stereocenters. The molecule has 0 spiro atoms. The molecule has 0 bridgehead atoms. The van der Waals surface area contributed by atoms with Gasteiger partial charge in [0.15, 0.2) is 11.5 Å². The average Bonchev–Trinajstić information content (AvgIpc) is 2.45. The number of methoxy groups -OCH3 is 1. The van der Waals surface area contributed by atoms with Crippen molar-refractivity contribution >= 4 is 26.8 Å². The molecule has 0 saturated carbocycles. The lowest BCUT2D eigenvalue weighted by molar-refractivity contribution is 0.0980. The first kappa shape index (κ1) is 16.2. The van der Waals surface area contributed by atoms with Gasteiger partial charge in [-0.15, -0.1) is 0 Å². The average molecular weight is 324 g/mol. The molecule has 0 aliphatic heterocycles. The molecule has 0 fully saturated rings. The molecule has 0 amide bonds. The zero-order valence-corrected chi connectivity index (χ0v) is 13.3. The van der Waals surface area contributed by atoms with E-state index in [0.717, 1.165) is 6.26 Å². The van der Waals surface area contributed by atoms with Crippen LogP contribution >= 0.6 is 0 Å². The molecule has 0 aliphatic carbocycles. The van der Waals surface area contributed by atoms with Crippen LogP contribution < -0.4 is 8.92 Å². The van der Waals surface area contributed by atoms with E-state index in [0.29, 0.717) is 17.3 Å². The van der Waals surface area contributed by atoms with Gasteiger partial charge in [0, 0.05) is 18.8 Å². The van der Waals surface area contributed by atoms with Crippen molar-refractivity contribution in [1.29, 1.82) is 0 Å². The van der Waals surface area contributed by atoms with Crippen LogP contribution in [-0.2, 0) is 10.1 Å². The Kier molecular flexibility index (Phi) is 4.60. The Morgan fingerprint density at radius 1 is 1.32 bits per heavy atom. The number of carbonyl (C=O) groups excluding carboxylic acids is 1. The summed E-state index contributed by atoms with van der Waals surface area (Å²) in [6, 6.07) is 1.54. The summed E-state index contributed by atoms with van der Waals surface area (Å²) in [5.41, 5.74) is 0.463. The van der Waals surface area contributed by atoms with Gasteiger partial charge < -0.3 is 8.92 Å². The van der Waals surface area contributed by atoms with Crippen molar-refractivity contribution < 1.29 is 22.1 Å². The topological polar surface area (TPSA) is 95.4 Å². The highest BCUT2D eigenvalue weighted by atomic mass is 32.2. The van der Waals surface area contributed by atoms with Crippen molar-refractivity contribution in [2.45, 2.75) is 19.8 Å². The Hall–Kier alpha value is -2.22. The fourth-order valence-corrected chi connectivity index (χ4v) is 2.51. The van der Waals surface area contributed by atoms with Gasteiger partial charge in [0.1, 0.15) is 5.52 Å². The first-order chi connectivity index (χ1) is 10.4. The van der Waals surface area contributed by atoms with Crippen LogP contribution in [0.1, 0.15) is 30.1 Å². The zero-order valence-electron chi connectivity index (χ0n) is 12.5. The molecule has 0 aliphatic rings. The van der Waals surface area contributed by atoms with Crippen LogP contribution in [0.5, 0.6) is 11.6 Å². The van der Waals surface area contributed by atoms with Crippen LogP contribution in [0, 0.1) is 0 Å². The molecule has 0 N–H and O–H groups in total. The fourth-order valence-electron chi connectivity index (χ4n) is 2.03. The van der Waals surface area contributed by atoms with Gasteiger partial charge in [-0.3, -0.25) is 4.79 Å². The third-order valence-corrected chi connectivity index (χ3v) is 3.38. The summed E-state index contributed by atoms with van der Waals surface area (Å²) in [5.74, 6) is -0.0386. The lowest BCUT2D eigenvalue weighted by Gasteiger charge is -2.12. The summed E-state index contributed by atoms with van der Waals surface area (Å²) in [4.78, 5) is 20.3. The van der Waals surface area contributed by atoms with Gasteiger partial charge in [-0.2, -0.15) is 8.42 Å². The lowest BCUT2D eigenvalue weighted by atomic mass is 10.1. The van der Waals surface area contributed by atoms with Gasteiger partial charge >= 0.3 is 10.1 Å². The number of fused-ring (bicyclic) bond motifs is 1. The number of rotatable bonds is 6. The molecule has 22 heavy (non-hydrogen) atoms. The Morgan fingerprint density at radius 3 is 2.64 bits per heavy atom. The number of carbonyl (C=O) groups is 1. The van der Waals surface area contributed by atoms with Crippen LogP contribution in [0.4, 0.5) is 0 Å². The minimum absolute atomic E-state index is 0.0355. The first-order valence-electron chi connectivity index (χ1n) is 6.61. The molecule has 0 unspecified atom stereocenters. The molecule has 0 saturated heterocycles. The first-order valence-corrected chi connectivity index (χ1v) is 8.43. The maximum absolute atomic E-state index is 12.2. The third kappa shape index (κ3) is 3.33. The number of pyridine rings is 2. The molecule has 8 heteroatoms. The van der Waals surface area contributed by atoms with E-state index in [2.05, 4.69) is 9.97 Å². The van der Waals surface area contributed by atoms with Crippen molar-refractivity contribution in [2.24, 2.45) is 0 Å². The highest BCUT2D eigenvalue weighted by molar-refractivity contribution is 7.86. The fraction of sp³-hybridized carbons (Fsp3) is 0.357. The number of aromatic nitrogens is 2. The number of ether oxygens (including phenoxy) is 1. The second-order valence-corrected chi connectivity index (χ2v) is 6.25. The Labute approximate surface area is 128 Å². The minimum Gasteiger partial charge on any atom is -0.479 e. The van der Waals surface area contributed by atoms with Crippen LogP contribution in [0.15, 0.2) is 18.5 Å². The number of hydrogen-bond donors (Lipinski definition) is 0. The van der Waals surface area contributed by atoms with E-state index in [1.807, 2.05) is 6.92 Å². The Balaban J connectivity index is 2.75. The van der Waals surface area contributed by atoms with Crippen LogP contribution in [0.3, 0.4) is 0 Å². The van der Waals surface area contributed by atoms with Gasteiger partial charge in [0.05, 0.1) is 24.3 Å². The highest BCUT2D eigenvalue weighted by Gasteiger charge is 2.21. The van der Waals surface area contributed by atoms with Gasteiger partial charge in [0.2, 0.25) is 5.88 Å². The maximum atomic E-state index is 12.2. The van der Waals surface area contributed by atoms with Crippen LogP contribution in [0.25, 0.3) is 10.9 Å². The molecule has 118 valence electrons. The highest BCUT2D eigenvalue weighted by Crippen LogP contribution is 2.33. The number of ketones is 1. The molecular weight excluding hydrogens is 308 g/mol. The summed E-state index contributed by atoms with van der Waals surface area (Å²) < 4.78 is 33.2. The molecule has 2 aromatic rings. The third-order valence-electron chi connectivity index (χ3n) is 2.91. The van der Waals surface area contributed by atoms with Crippen molar-refractivity contribution in [2.75, 3.05) is 13.4 Å². The van der Waals surface area contributed by atoms with Crippen LogP contribution in [0.2, 0.25) is 0 Å². The summed E-state index contributed by atoms with van der Waals surface area (Å²) in [5, 5.41) is 0.360. The number of Topliss-reactive ketones (excluding diaryl/α,β-unsaturated/α-hetero) is 1. The van der Waals surface area contributed by atoms with Gasteiger partial charge in [0.25, 0.3) is 0 Å². The monoisotopic (exact) mass is 324 g/mol. The van der Waals surface area contributed by atoms with E-state index in [1.54, 1.807) is 0 Å². The zero-order chi connectivity index (χ0) is 16.3. The molecule has 2 aromatic heterocycles. The van der Waals surface area contributed by atoms with Crippen molar-refractivity contribution in [3.63, 3.8) is 0 Å². The van der Waals surface area contributed by atoms with Crippen molar-refractivity contribution in [3.8, 4) is 11.6 Å². The molecular formula is C14H16N2O5S.